The van der Waals surface area contributed by atoms with Gasteiger partial charge in [0.2, 0.25) is 0 Å². The number of halogens is 1. The van der Waals surface area contributed by atoms with E-state index in [1.165, 1.54) is 0 Å². The molecule has 0 aromatic heterocycles. The van der Waals surface area contributed by atoms with Crippen LogP contribution in [0.4, 0.5) is 5.69 Å². The van der Waals surface area contributed by atoms with Gasteiger partial charge in [0, 0.05) is 10.2 Å². The minimum atomic E-state index is 0.417. The van der Waals surface area contributed by atoms with Gasteiger partial charge in [0.25, 0.3) is 0 Å². The summed E-state index contributed by atoms with van der Waals surface area (Å²) in [4.78, 5) is 0. The zero-order valence-electron chi connectivity index (χ0n) is 6.97. The summed E-state index contributed by atoms with van der Waals surface area (Å²) in [6.07, 6.45) is 0. The lowest BCUT2D eigenvalue weighted by molar-refractivity contribution is 1.63. The van der Waals surface area contributed by atoms with Crippen LogP contribution in [0.1, 0.15) is 0 Å². The second-order valence-corrected chi connectivity index (χ2v) is 4.50. The van der Waals surface area contributed by atoms with Crippen molar-refractivity contribution in [3.05, 3.63) is 28.7 Å². The lowest BCUT2D eigenvalue weighted by Gasteiger charge is -1.91. The van der Waals surface area contributed by atoms with Crippen molar-refractivity contribution in [1.82, 2.24) is 0 Å². The number of benzene rings is 1. The van der Waals surface area contributed by atoms with Crippen molar-refractivity contribution >= 4 is 42.0 Å². The molecule has 0 radical (unpaired) electrons. The summed E-state index contributed by atoms with van der Waals surface area (Å²) in [6, 6.07) is 7.60. The van der Waals surface area contributed by atoms with E-state index in [9.17, 15) is 0 Å². The third-order valence-electron chi connectivity index (χ3n) is 0.905. The first kappa shape index (κ1) is 11.3. The minimum absolute atomic E-state index is 0.417. The molecule has 1 aromatic rings. The van der Waals surface area contributed by atoms with E-state index in [1.807, 2.05) is 24.3 Å². The number of para-hydroxylation sites is 1. The molecule has 0 saturated heterocycles. The van der Waals surface area contributed by atoms with E-state index in [1.54, 1.807) is 0 Å². The summed E-state index contributed by atoms with van der Waals surface area (Å²) in [7, 11) is 0. The Balaban J connectivity index is 0.000000292. The lowest BCUT2D eigenvalue weighted by atomic mass is 10.3. The Morgan fingerprint density at radius 3 is 2.00 bits per heavy atom. The third-order valence-corrected chi connectivity index (χ3v) is 1.63. The molecule has 0 aliphatic carbocycles. The smallest absolute Gasteiger partial charge is 0.356 e. The number of nitrogen functional groups attached to an aromatic ring is 1. The maximum Gasteiger partial charge on any atom is 0.356 e. The number of nitrogens with two attached hydrogens (primary N) is 1. The number of hydrogen-bond donors (Lipinski definition) is 1. The molecule has 1 aromatic carbocycles. The Hall–Kier alpha value is 0.266. The summed E-state index contributed by atoms with van der Waals surface area (Å²) in [5, 5.41) is 4.53. The minimum Gasteiger partial charge on any atom is -0.398 e. The first-order chi connectivity index (χ1) is 5.22. The van der Waals surface area contributed by atoms with Crippen LogP contribution >= 0.6 is 15.9 Å². The van der Waals surface area contributed by atoms with Crippen molar-refractivity contribution in [3.63, 3.8) is 0 Å². The number of hydrogen-bond acceptors (Lipinski definition) is 1. The van der Waals surface area contributed by atoms with Crippen LogP contribution in [0, 0.1) is 0 Å². The van der Waals surface area contributed by atoms with E-state index < -0.39 is 0 Å². The van der Waals surface area contributed by atoms with Crippen molar-refractivity contribution in [2.24, 2.45) is 0 Å². The maximum absolute atomic E-state index is 5.47. The molecule has 0 aliphatic rings. The normalized spacial score (nSPS) is 7.55. The highest BCUT2D eigenvalue weighted by atomic mass is 79.9. The zero-order valence-corrected chi connectivity index (χ0v) is 9.97. The van der Waals surface area contributed by atoms with Crippen molar-refractivity contribution < 1.29 is 0 Å². The van der Waals surface area contributed by atoms with E-state index >= 15 is 0 Å². The Morgan fingerprint density at radius 1 is 1.27 bits per heavy atom. The molecular weight excluding hydrogens is 214 g/mol. The summed E-state index contributed by atoms with van der Waals surface area (Å²) in [6.45, 7) is 0. The molecule has 1 rings (SSSR count). The van der Waals surface area contributed by atoms with Crippen LogP contribution in [0.3, 0.4) is 0 Å². The Morgan fingerprint density at radius 2 is 1.73 bits per heavy atom. The molecule has 0 unspecified atom stereocenters. The van der Waals surface area contributed by atoms with E-state index in [4.69, 9.17) is 5.73 Å². The Bertz CT molecular complexity index is 182. The Kier molecular flexibility index (Phi) is 7.11. The van der Waals surface area contributed by atoms with Gasteiger partial charge in [-0.25, -0.2) is 0 Å². The van der Waals surface area contributed by atoms with Gasteiger partial charge in [-0.2, -0.15) is 10.1 Å². The highest BCUT2D eigenvalue weighted by molar-refractivity contribution is 9.10. The van der Waals surface area contributed by atoms with Crippen LogP contribution in [0.15, 0.2) is 28.7 Å². The number of anilines is 1. The van der Waals surface area contributed by atoms with Crippen molar-refractivity contribution in [1.29, 1.82) is 0 Å². The molecule has 1 nitrogen and oxygen atoms in total. The van der Waals surface area contributed by atoms with Crippen molar-refractivity contribution in [3.8, 4) is 0 Å². The fourth-order valence-corrected chi connectivity index (χ4v) is 0.760. The monoisotopic (exact) mass is 225 g/mol. The topological polar surface area (TPSA) is 26.0 Å². The molecule has 58 valence electrons. The van der Waals surface area contributed by atoms with Crippen LogP contribution in [0.25, 0.3) is 0 Å². The molecule has 0 amide bonds. The summed E-state index contributed by atoms with van der Waals surface area (Å²) >= 11 is 3.69. The van der Waals surface area contributed by atoms with Crippen LogP contribution in [0.5, 0.6) is 0 Å². The quantitative estimate of drug-likeness (QED) is 0.534. The van der Waals surface area contributed by atoms with Gasteiger partial charge in [-0.15, -0.1) is 0 Å². The molecule has 3 heteroatoms. The van der Waals surface area contributed by atoms with Crippen molar-refractivity contribution in [2.45, 2.75) is 10.1 Å². The lowest BCUT2D eigenvalue weighted by Crippen LogP contribution is -1.82. The average Bonchev–Trinajstić information content (AvgIpc) is 1.97. The second kappa shape index (κ2) is 6.94. The molecule has 0 spiro atoms. The fourth-order valence-electron chi connectivity index (χ4n) is 0.475. The molecule has 2 N–H and O–H groups in total. The third kappa shape index (κ3) is 5.53. The van der Waals surface area contributed by atoms with Crippen LogP contribution in [0.2, 0.25) is 10.1 Å². The van der Waals surface area contributed by atoms with Gasteiger partial charge in [-0.1, -0.05) is 12.1 Å². The first-order valence-electron chi connectivity index (χ1n) is 3.72. The summed E-state index contributed by atoms with van der Waals surface area (Å²) in [5.74, 6) is 0. The van der Waals surface area contributed by atoms with Gasteiger partial charge in [0.1, 0.15) is 0 Å². The highest BCUT2D eigenvalue weighted by Gasteiger charge is 1.86. The fraction of sp³-hybridized carbons (Fsp3) is 0.250. The molecule has 11 heavy (non-hydrogen) atoms. The maximum atomic E-state index is 5.47. The largest absolute Gasteiger partial charge is 0.398 e. The van der Waals surface area contributed by atoms with Crippen LogP contribution in [-0.4, -0.2) is 20.4 Å². The summed E-state index contributed by atoms with van der Waals surface area (Å²) in [5.41, 5.74) is 6.26. The predicted octanol–water partition coefficient (Wildman–Crippen LogP) is 2.82. The SMILES string of the molecule is Nc1ccccc1Br.[CH3][Mg][CH3]. The van der Waals surface area contributed by atoms with Crippen molar-refractivity contribution in [2.75, 3.05) is 5.73 Å². The zero-order chi connectivity index (χ0) is 8.69. The van der Waals surface area contributed by atoms with Crippen LogP contribution in [-0.2, 0) is 0 Å². The van der Waals surface area contributed by atoms with Gasteiger partial charge in [0.05, 0.1) is 0 Å². The molecular formula is C8H12BrMgN. The van der Waals surface area contributed by atoms with E-state index in [-0.39, 0.29) is 0 Å². The van der Waals surface area contributed by atoms with E-state index in [0.29, 0.717) is 20.4 Å². The first-order valence-corrected chi connectivity index (χ1v) is 7.34. The van der Waals surface area contributed by atoms with E-state index in [2.05, 4.69) is 26.0 Å². The highest BCUT2D eigenvalue weighted by Crippen LogP contribution is 2.16. The molecule has 0 aliphatic heterocycles. The predicted molar refractivity (Wildman–Crippen MR) is 56.0 cm³/mol. The van der Waals surface area contributed by atoms with E-state index in [0.717, 1.165) is 10.2 Å². The van der Waals surface area contributed by atoms with Gasteiger partial charge in [-0.3, -0.25) is 0 Å². The van der Waals surface area contributed by atoms with Gasteiger partial charge >= 0.3 is 20.4 Å². The molecule has 0 saturated carbocycles. The molecule has 0 bridgehead atoms. The van der Waals surface area contributed by atoms with Crippen LogP contribution < -0.4 is 5.73 Å². The standard InChI is InChI=1S/C6H6BrN.2CH3.Mg/c7-5-3-1-2-4-6(5)8;;;/h1-4H,8H2;2*1H3;. The van der Waals surface area contributed by atoms with Gasteiger partial charge in [0.15, 0.2) is 0 Å². The Labute approximate surface area is 86.2 Å². The average molecular weight is 226 g/mol. The molecule has 0 atom stereocenters. The molecule has 0 fully saturated rings. The van der Waals surface area contributed by atoms with Gasteiger partial charge in [-0.05, 0) is 28.1 Å². The summed E-state index contributed by atoms with van der Waals surface area (Å²) < 4.78 is 0.958. The number of rotatable bonds is 0. The second-order valence-electron chi connectivity index (χ2n) is 2.23. The van der Waals surface area contributed by atoms with Gasteiger partial charge < -0.3 is 5.73 Å². The molecule has 0 heterocycles.